The second-order valence-electron chi connectivity index (χ2n) is 7.79. The van der Waals surface area contributed by atoms with Crippen LogP contribution in [0.4, 0.5) is 17.1 Å². The van der Waals surface area contributed by atoms with Crippen LogP contribution in [-0.2, 0) is 24.8 Å². The molecule has 4 rings (SSSR count). The summed E-state index contributed by atoms with van der Waals surface area (Å²) in [4.78, 5) is 12.8. The van der Waals surface area contributed by atoms with Gasteiger partial charge in [-0.05, 0) is 60.7 Å². The first-order valence-corrected chi connectivity index (χ1v) is 14.6. The maximum atomic E-state index is 12.9. The molecule has 1 aliphatic rings. The van der Waals surface area contributed by atoms with Crippen molar-refractivity contribution in [3.8, 4) is 5.75 Å². The van der Waals surface area contributed by atoms with Gasteiger partial charge in [0.1, 0.15) is 5.75 Å². The fourth-order valence-electron chi connectivity index (χ4n) is 3.44. The summed E-state index contributed by atoms with van der Waals surface area (Å²) >= 11 is 17.8. The average Bonchev–Trinajstić information content (AvgIpc) is 2.77. The highest BCUT2D eigenvalue weighted by molar-refractivity contribution is 7.92. The first-order chi connectivity index (χ1) is 16.8. The van der Waals surface area contributed by atoms with Crippen molar-refractivity contribution in [2.45, 2.75) is 11.0 Å². The van der Waals surface area contributed by atoms with E-state index in [2.05, 4.69) is 10.0 Å². The van der Waals surface area contributed by atoms with E-state index in [-0.39, 0.29) is 44.3 Å². The molecule has 0 saturated heterocycles. The molecule has 1 heterocycles. The molecule has 1 atom stereocenters. The van der Waals surface area contributed by atoms with Crippen molar-refractivity contribution in [2.75, 3.05) is 27.1 Å². The molecule has 190 valence electrons. The summed E-state index contributed by atoms with van der Waals surface area (Å²) in [5, 5.41) is 3.46. The number of halogens is 3. The van der Waals surface area contributed by atoms with Crippen molar-refractivity contribution in [3.05, 3.63) is 75.7 Å². The monoisotopic (exact) mass is 589 g/mol. The van der Waals surface area contributed by atoms with Crippen LogP contribution in [-0.4, -0.2) is 41.6 Å². The van der Waals surface area contributed by atoms with Crippen LogP contribution in [0, 0.1) is 0 Å². The van der Waals surface area contributed by atoms with Crippen molar-refractivity contribution in [3.63, 3.8) is 0 Å². The molecule has 0 bridgehead atoms. The van der Waals surface area contributed by atoms with Crippen molar-refractivity contribution >= 4 is 77.8 Å². The van der Waals surface area contributed by atoms with E-state index in [9.17, 15) is 21.6 Å². The molecule has 3 aromatic carbocycles. The third kappa shape index (κ3) is 5.98. The van der Waals surface area contributed by atoms with E-state index >= 15 is 0 Å². The molecule has 36 heavy (non-hydrogen) atoms. The number of nitrogens with zero attached hydrogens (tertiary/aromatic N) is 1. The first kappa shape index (κ1) is 26.4. The SMILES string of the molecule is CS(=O)(=O)N1C[C@H](C(=O)Nc2ccc(S(=O)(=O)Nc3cc(Cl)cc(Cl)c3)cc2)Oc2ccc(Cl)cc21. The number of sulfonamides is 2. The van der Waals surface area contributed by atoms with Crippen LogP contribution in [0.1, 0.15) is 0 Å². The Balaban J connectivity index is 1.49. The summed E-state index contributed by atoms with van der Waals surface area (Å²) in [7, 11) is -7.69. The molecule has 0 fully saturated rings. The van der Waals surface area contributed by atoms with Gasteiger partial charge in [0.15, 0.2) is 6.10 Å². The molecule has 0 aliphatic carbocycles. The molecule has 0 aromatic heterocycles. The highest BCUT2D eigenvalue weighted by Gasteiger charge is 2.35. The minimum absolute atomic E-state index is 0.0698. The lowest BCUT2D eigenvalue weighted by atomic mass is 10.2. The van der Waals surface area contributed by atoms with Crippen LogP contribution in [0.2, 0.25) is 15.1 Å². The van der Waals surface area contributed by atoms with Crippen LogP contribution < -0.4 is 19.1 Å². The van der Waals surface area contributed by atoms with Crippen molar-refractivity contribution < 1.29 is 26.4 Å². The third-order valence-electron chi connectivity index (χ3n) is 5.03. The minimum atomic E-state index is -3.96. The molecular formula is C22H18Cl3N3O6S2. The Bertz CT molecular complexity index is 1530. The van der Waals surface area contributed by atoms with Gasteiger partial charge in [-0.2, -0.15) is 0 Å². The minimum Gasteiger partial charge on any atom is -0.476 e. The molecule has 0 spiro atoms. The summed E-state index contributed by atoms with van der Waals surface area (Å²) in [5.41, 5.74) is 0.703. The number of amides is 1. The van der Waals surface area contributed by atoms with Gasteiger partial charge >= 0.3 is 0 Å². The number of hydrogen-bond donors (Lipinski definition) is 2. The number of anilines is 3. The summed E-state index contributed by atoms with van der Waals surface area (Å²) in [6.07, 6.45) is -0.145. The Morgan fingerprint density at radius 1 is 0.889 bits per heavy atom. The van der Waals surface area contributed by atoms with Gasteiger partial charge in [0.2, 0.25) is 10.0 Å². The Morgan fingerprint density at radius 2 is 1.53 bits per heavy atom. The zero-order chi connectivity index (χ0) is 26.3. The quantitative estimate of drug-likeness (QED) is 0.432. The van der Waals surface area contributed by atoms with Crippen LogP contribution in [0.3, 0.4) is 0 Å². The third-order valence-corrected chi connectivity index (χ3v) is 8.25. The molecule has 0 unspecified atom stereocenters. The number of ether oxygens (including phenoxy) is 1. The number of nitrogens with one attached hydrogen (secondary N) is 2. The zero-order valence-corrected chi connectivity index (χ0v) is 22.3. The molecule has 1 aliphatic heterocycles. The number of hydrogen-bond acceptors (Lipinski definition) is 6. The van der Waals surface area contributed by atoms with Crippen molar-refractivity contribution in [1.29, 1.82) is 0 Å². The molecular weight excluding hydrogens is 573 g/mol. The Labute approximate surface area is 223 Å². The summed E-state index contributed by atoms with van der Waals surface area (Å²) in [5.74, 6) is -0.434. The largest absolute Gasteiger partial charge is 0.476 e. The van der Waals surface area contributed by atoms with Crippen molar-refractivity contribution in [2.24, 2.45) is 0 Å². The second kappa shape index (κ2) is 9.98. The fourth-order valence-corrected chi connectivity index (χ4v) is 6.08. The van der Waals surface area contributed by atoms with Gasteiger partial charge in [-0.1, -0.05) is 34.8 Å². The molecule has 2 N–H and O–H groups in total. The summed E-state index contributed by atoms with van der Waals surface area (Å²) in [6.45, 7) is -0.267. The van der Waals surface area contributed by atoms with E-state index < -0.39 is 32.1 Å². The molecule has 3 aromatic rings. The van der Waals surface area contributed by atoms with Crippen LogP contribution >= 0.6 is 34.8 Å². The highest BCUT2D eigenvalue weighted by atomic mass is 35.5. The Morgan fingerprint density at radius 3 is 2.14 bits per heavy atom. The van der Waals surface area contributed by atoms with Crippen molar-refractivity contribution in [1.82, 2.24) is 0 Å². The van der Waals surface area contributed by atoms with Gasteiger partial charge in [-0.25, -0.2) is 16.8 Å². The lowest BCUT2D eigenvalue weighted by molar-refractivity contribution is -0.122. The topological polar surface area (TPSA) is 122 Å². The van der Waals surface area contributed by atoms with Gasteiger partial charge in [0.25, 0.3) is 15.9 Å². The van der Waals surface area contributed by atoms with Gasteiger partial charge < -0.3 is 10.1 Å². The predicted molar refractivity (Wildman–Crippen MR) is 140 cm³/mol. The Hall–Kier alpha value is -2.70. The van der Waals surface area contributed by atoms with E-state index in [0.29, 0.717) is 5.02 Å². The normalized spacial score (nSPS) is 15.6. The van der Waals surface area contributed by atoms with Crippen LogP contribution in [0.5, 0.6) is 5.75 Å². The van der Waals surface area contributed by atoms with Gasteiger partial charge in [-0.3, -0.25) is 13.8 Å². The molecule has 9 nitrogen and oxygen atoms in total. The van der Waals surface area contributed by atoms with E-state index in [0.717, 1.165) is 10.6 Å². The van der Waals surface area contributed by atoms with Crippen LogP contribution in [0.15, 0.2) is 65.6 Å². The maximum Gasteiger partial charge on any atom is 0.267 e. The number of carbonyl (C=O) groups excluding carboxylic acids is 1. The lowest BCUT2D eigenvalue weighted by Crippen LogP contribution is -2.48. The highest BCUT2D eigenvalue weighted by Crippen LogP contribution is 2.37. The molecule has 1 amide bonds. The number of fused-ring (bicyclic) bond motifs is 1. The van der Waals surface area contributed by atoms with E-state index in [4.69, 9.17) is 39.5 Å². The van der Waals surface area contributed by atoms with Gasteiger partial charge in [-0.15, -0.1) is 0 Å². The number of benzene rings is 3. The molecule has 0 saturated carbocycles. The fraction of sp³-hybridized carbons (Fsp3) is 0.136. The number of carbonyl (C=O) groups is 1. The van der Waals surface area contributed by atoms with Crippen LogP contribution in [0.25, 0.3) is 0 Å². The van der Waals surface area contributed by atoms with E-state index in [1.807, 2.05) is 0 Å². The zero-order valence-electron chi connectivity index (χ0n) is 18.4. The predicted octanol–water partition coefficient (Wildman–Crippen LogP) is 4.61. The smallest absolute Gasteiger partial charge is 0.267 e. The molecule has 0 radical (unpaired) electrons. The van der Waals surface area contributed by atoms with Gasteiger partial charge in [0.05, 0.1) is 29.1 Å². The second-order valence-corrected chi connectivity index (χ2v) is 12.7. The Kier molecular flexibility index (Phi) is 7.31. The average molecular weight is 591 g/mol. The maximum absolute atomic E-state index is 12.9. The van der Waals surface area contributed by atoms with E-state index in [1.54, 1.807) is 0 Å². The van der Waals surface area contributed by atoms with Gasteiger partial charge in [0, 0.05) is 20.8 Å². The lowest BCUT2D eigenvalue weighted by Gasteiger charge is -2.34. The first-order valence-electron chi connectivity index (χ1n) is 10.2. The molecule has 14 heteroatoms. The summed E-state index contributed by atoms with van der Waals surface area (Å²) in [6, 6.07) is 14.1. The van der Waals surface area contributed by atoms with E-state index in [1.165, 1.54) is 60.7 Å². The standard InChI is InChI=1S/C22H18Cl3N3O6S2/c1-35(30,31)28-12-21(34-20-7-2-13(23)11-19(20)28)22(29)26-16-3-5-18(6-4-16)36(32,33)27-17-9-14(24)8-15(25)10-17/h2-11,21,27H,12H2,1H3,(H,26,29)/t21-/m1/s1. The number of rotatable bonds is 6. The summed E-state index contributed by atoms with van der Waals surface area (Å²) < 4.78 is 59.1.